The number of aryl methyl sites for hydroxylation is 1. The average Bonchev–Trinajstić information content (AvgIpc) is 2.67. The van der Waals surface area contributed by atoms with Crippen LogP contribution >= 0.6 is 0 Å². The van der Waals surface area contributed by atoms with Gasteiger partial charge in [-0.05, 0) is 32.4 Å². The number of benzene rings is 3. The second-order valence-corrected chi connectivity index (χ2v) is 8.63. The van der Waals surface area contributed by atoms with Crippen LogP contribution in [0.25, 0.3) is 11.1 Å². The first-order chi connectivity index (χ1) is 14.7. The maximum atomic E-state index is 13.2. The number of Topliss-reactive ketones (excluding diaryl/α,β-unsaturated/α-hetero) is 1. The van der Waals surface area contributed by atoms with Crippen LogP contribution in [0.15, 0.2) is 42.5 Å². The summed E-state index contributed by atoms with van der Waals surface area (Å²) in [5.74, 6) is -1.13. The van der Waals surface area contributed by atoms with Gasteiger partial charge in [0.05, 0.1) is 5.92 Å². The van der Waals surface area contributed by atoms with E-state index in [1.165, 1.54) is 12.1 Å². The van der Waals surface area contributed by atoms with Crippen molar-refractivity contribution in [3.8, 4) is 39.9 Å². The highest BCUT2D eigenvalue weighted by atomic mass is 16.5. The molecule has 3 aromatic carbocycles. The fourth-order valence-corrected chi connectivity index (χ4v) is 4.50. The zero-order chi connectivity index (χ0) is 22.1. The SMILES string of the molecule is Cc1ccc2c(c1)-c1cc([C@@H]3COc4cc(O)cc(O)c4C3=O)c(O)cc1OC2(C)C. The van der Waals surface area contributed by atoms with Crippen molar-refractivity contribution < 1.29 is 29.6 Å². The van der Waals surface area contributed by atoms with Crippen molar-refractivity contribution in [2.75, 3.05) is 6.61 Å². The quantitative estimate of drug-likeness (QED) is 0.527. The molecule has 0 aromatic heterocycles. The van der Waals surface area contributed by atoms with E-state index in [4.69, 9.17) is 9.47 Å². The molecule has 2 heterocycles. The summed E-state index contributed by atoms with van der Waals surface area (Å²) < 4.78 is 11.8. The normalized spacial score (nSPS) is 18.3. The van der Waals surface area contributed by atoms with Gasteiger partial charge in [-0.3, -0.25) is 4.79 Å². The van der Waals surface area contributed by atoms with Crippen molar-refractivity contribution in [3.05, 3.63) is 64.7 Å². The number of fused-ring (bicyclic) bond motifs is 4. The Hall–Kier alpha value is -3.67. The third-order valence-corrected chi connectivity index (χ3v) is 6.02. The first-order valence-corrected chi connectivity index (χ1v) is 10.1. The lowest BCUT2D eigenvalue weighted by Crippen LogP contribution is -2.30. The van der Waals surface area contributed by atoms with E-state index in [1.807, 2.05) is 32.9 Å². The Kier molecular flexibility index (Phi) is 3.99. The largest absolute Gasteiger partial charge is 0.508 e. The van der Waals surface area contributed by atoms with E-state index in [0.717, 1.165) is 28.3 Å². The molecule has 0 unspecified atom stereocenters. The van der Waals surface area contributed by atoms with Crippen molar-refractivity contribution >= 4 is 5.78 Å². The molecule has 3 aromatic rings. The third kappa shape index (κ3) is 2.90. The van der Waals surface area contributed by atoms with E-state index in [1.54, 1.807) is 6.07 Å². The number of ketones is 1. The minimum absolute atomic E-state index is 0.000186. The van der Waals surface area contributed by atoms with E-state index in [2.05, 4.69) is 6.07 Å². The van der Waals surface area contributed by atoms with Crippen LogP contribution in [0.1, 0.15) is 46.8 Å². The molecule has 0 amide bonds. The molecule has 2 aliphatic rings. The summed E-state index contributed by atoms with van der Waals surface area (Å²) in [5, 5.41) is 30.7. The summed E-state index contributed by atoms with van der Waals surface area (Å²) in [6.07, 6.45) is 0. The molecule has 0 fully saturated rings. The number of phenols is 3. The van der Waals surface area contributed by atoms with Gasteiger partial charge in [0.25, 0.3) is 0 Å². The highest BCUT2D eigenvalue weighted by Gasteiger charge is 2.38. The predicted octanol–water partition coefficient (Wildman–Crippen LogP) is 4.77. The summed E-state index contributed by atoms with van der Waals surface area (Å²) in [5.41, 5.74) is 3.72. The maximum Gasteiger partial charge on any atom is 0.181 e. The number of hydrogen-bond donors (Lipinski definition) is 3. The lowest BCUT2D eigenvalue weighted by Gasteiger charge is -2.36. The minimum atomic E-state index is -0.809. The summed E-state index contributed by atoms with van der Waals surface area (Å²) in [6, 6.07) is 11.8. The fraction of sp³-hybridized carbons (Fsp3) is 0.240. The van der Waals surface area contributed by atoms with Gasteiger partial charge in [-0.1, -0.05) is 23.8 Å². The number of carbonyl (C=O) groups is 1. The monoisotopic (exact) mass is 418 g/mol. The number of rotatable bonds is 1. The van der Waals surface area contributed by atoms with Gasteiger partial charge in [0, 0.05) is 34.9 Å². The Bertz CT molecular complexity index is 1260. The van der Waals surface area contributed by atoms with Gasteiger partial charge in [-0.25, -0.2) is 0 Å². The number of aromatic hydroxyl groups is 3. The molecule has 0 bridgehead atoms. The maximum absolute atomic E-state index is 13.2. The van der Waals surface area contributed by atoms with Crippen molar-refractivity contribution in [2.45, 2.75) is 32.3 Å². The average molecular weight is 418 g/mol. The summed E-state index contributed by atoms with van der Waals surface area (Å²) in [6.45, 7) is 5.94. The Balaban J connectivity index is 1.65. The number of hydrogen-bond acceptors (Lipinski definition) is 6. The van der Waals surface area contributed by atoms with Crippen molar-refractivity contribution in [1.82, 2.24) is 0 Å². The van der Waals surface area contributed by atoms with Gasteiger partial charge < -0.3 is 24.8 Å². The predicted molar refractivity (Wildman–Crippen MR) is 114 cm³/mol. The molecule has 0 saturated carbocycles. The first-order valence-electron chi connectivity index (χ1n) is 10.1. The Morgan fingerprint density at radius 2 is 1.71 bits per heavy atom. The highest BCUT2D eigenvalue weighted by molar-refractivity contribution is 6.07. The molecule has 2 aliphatic heterocycles. The van der Waals surface area contributed by atoms with Crippen LogP contribution in [0, 0.1) is 6.92 Å². The van der Waals surface area contributed by atoms with E-state index in [9.17, 15) is 20.1 Å². The molecule has 0 radical (unpaired) electrons. The standard InChI is InChI=1S/C25H22O6/c1-12-4-5-18-14(6-12)16-9-15(19(27)10-21(16)31-25(18,2)3)17-11-30-22-8-13(26)7-20(28)23(22)24(17)29/h4-10,17,26-28H,11H2,1-3H3/t17-/m0/s1. The molecule has 1 atom stereocenters. The lowest BCUT2D eigenvalue weighted by molar-refractivity contribution is 0.0887. The van der Waals surface area contributed by atoms with E-state index >= 15 is 0 Å². The number of phenolic OH excluding ortho intramolecular Hbond substituents is 3. The second-order valence-electron chi connectivity index (χ2n) is 8.63. The topological polar surface area (TPSA) is 96.2 Å². The molecule has 158 valence electrons. The second kappa shape index (κ2) is 6.41. The van der Waals surface area contributed by atoms with E-state index in [0.29, 0.717) is 11.3 Å². The van der Waals surface area contributed by atoms with Gasteiger partial charge in [0.15, 0.2) is 5.78 Å². The third-order valence-electron chi connectivity index (χ3n) is 6.02. The van der Waals surface area contributed by atoms with Crippen molar-refractivity contribution in [1.29, 1.82) is 0 Å². The van der Waals surface area contributed by atoms with Crippen LogP contribution in [0.2, 0.25) is 0 Å². The van der Waals surface area contributed by atoms with Crippen LogP contribution in [0.5, 0.6) is 28.7 Å². The molecule has 0 aliphatic carbocycles. The van der Waals surface area contributed by atoms with Crippen LogP contribution in [0.4, 0.5) is 0 Å². The summed E-state index contributed by atoms with van der Waals surface area (Å²) >= 11 is 0. The molecular weight excluding hydrogens is 396 g/mol. The molecule has 0 spiro atoms. The smallest absolute Gasteiger partial charge is 0.181 e. The zero-order valence-electron chi connectivity index (χ0n) is 17.4. The minimum Gasteiger partial charge on any atom is -0.508 e. The summed E-state index contributed by atoms with van der Waals surface area (Å²) in [4.78, 5) is 13.2. The molecule has 6 heteroatoms. The van der Waals surface area contributed by atoms with Crippen molar-refractivity contribution in [2.24, 2.45) is 0 Å². The molecule has 6 nitrogen and oxygen atoms in total. The number of ether oxygens (including phenoxy) is 2. The van der Waals surface area contributed by atoms with Crippen LogP contribution < -0.4 is 9.47 Å². The Morgan fingerprint density at radius 3 is 2.48 bits per heavy atom. The van der Waals surface area contributed by atoms with E-state index < -0.39 is 11.5 Å². The van der Waals surface area contributed by atoms with Gasteiger partial charge in [0.2, 0.25) is 0 Å². The Morgan fingerprint density at radius 1 is 0.935 bits per heavy atom. The van der Waals surface area contributed by atoms with Crippen LogP contribution in [-0.4, -0.2) is 27.7 Å². The summed E-state index contributed by atoms with van der Waals surface area (Å²) in [7, 11) is 0. The fourth-order valence-electron chi connectivity index (χ4n) is 4.50. The number of carbonyl (C=O) groups excluding carboxylic acids is 1. The van der Waals surface area contributed by atoms with Gasteiger partial charge >= 0.3 is 0 Å². The van der Waals surface area contributed by atoms with Gasteiger partial charge in [-0.15, -0.1) is 0 Å². The van der Waals surface area contributed by atoms with Crippen molar-refractivity contribution in [3.63, 3.8) is 0 Å². The lowest BCUT2D eigenvalue weighted by atomic mass is 9.82. The van der Waals surface area contributed by atoms with Crippen LogP contribution in [-0.2, 0) is 5.60 Å². The van der Waals surface area contributed by atoms with Gasteiger partial charge in [0.1, 0.15) is 46.5 Å². The molecule has 5 rings (SSSR count). The highest BCUT2D eigenvalue weighted by Crippen LogP contribution is 2.50. The molecular formula is C25H22O6. The first kappa shape index (κ1) is 19.3. The molecule has 3 N–H and O–H groups in total. The van der Waals surface area contributed by atoms with Gasteiger partial charge in [-0.2, -0.15) is 0 Å². The molecule has 31 heavy (non-hydrogen) atoms. The van der Waals surface area contributed by atoms with E-state index in [-0.39, 0.29) is 41.0 Å². The molecule has 0 saturated heterocycles. The Labute approximate surface area is 179 Å². The zero-order valence-corrected chi connectivity index (χ0v) is 17.4. The van der Waals surface area contributed by atoms with Crippen LogP contribution in [0.3, 0.4) is 0 Å².